The number of aryl methyl sites for hydroxylation is 1. The summed E-state index contributed by atoms with van der Waals surface area (Å²) in [4.78, 5) is 34.5. The Hall–Kier alpha value is -3.75. The number of piperidine rings is 1. The van der Waals surface area contributed by atoms with Gasteiger partial charge in [-0.2, -0.15) is 4.98 Å². The van der Waals surface area contributed by atoms with Crippen LogP contribution in [0.4, 0.5) is 10.7 Å². The SMILES string of the molecule is CCc1cnc(N2CCC(CCCOc3ncc4c(n3)CCN(C(=O)OCc3ccccc3)C4)CC2)nc1. The third kappa shape index (κ3) is 6.76. The second-order valence-electron chi connectivity index (χ2n) is 10.0. The molecule has 0 atom stereocenters. The number of nitrogens with zero attached hydrogens (tertiary/aromatic N) is 6. The van der Waals surface area contributed by atoms with Crippen LogP contribution in [0.1, 0.15) is 55.0 Å². The summed E-state index contributed by atoms with van der Waals surface area (Å²) in [6.45, 7) is 6.03. The summed E-state index contributed by atoms with van der Waals surface area (Å²) >= 11 is 0. The van der Waals surface area contributed by atoms with Crippen LogP contribution in [0.2, 0.25) is 0 Å². The quantitative estimate of drug-likeness (QED) is 0.381. The molecule has 3 aromatic rings. The fraction of sp³-hybridized carbons (Fsp3) is 0.483. The summed E-state index contributed by atoms with van der Waals surface area (Å²) in [5, 5.41) is 0. The average Bonchev–Trinajstić information content (AvgIpc) is 2.98. The molecule has 2 aliphatic rings. The number of carbonyl (C=O) groups is 1. The van der Waals surface area contributed by atoms with Crippen molar-refractivity contribution in [1.29, 1.82) is 0 Å². The maximum Gasteiger partial charge on any atom is 0.410 e. The summed E-state index contributed by atoms with van der Waals surface area (Å²) < 4.78 is 11.4. The van der Waals surface area contributed by atoms with E-state index in [1.54, 1.807) is 11.1 Å². The number of fused-ring (bicyclic) bond motifs is 1. The van der Waals surface area contributed by atoms with Gasteiger partial charge in [-0.15, -0.1) is 0 Å². The fourth-order valence-corrected chi connectivity index (χ4v) is 4.98. The Bertz CT molecular complexity index is 1180. The molecule has 4 heterocycles. The third-order valence-corrected chi connectivity index (χ3v) is 7.36. The summed E-state index contributed by atoms with van der Waals surface area (Å²) in [6.07, 6.45) is 11.4. The summed E-state index contributed by atoms with van der Waals surface area (Å²) in [5.41, 5.74) is 4.04. The minimum atomic E-state index is -0.312. The molecule has 2 aromatic heterocycles. The standard InChI is InChI=1S/C29H36N6O3/c1-2-22-17-30-27(31-18-22)34-13-10-23(11-14-34)9-6-16-37-28-32-19-25-20-35(15-12-26(25)33-28)29(36)38-21-24-7-4-3-5-8-24/h3-5,7-8,17-19,23H,2,6,9-16,20-21H2,1H3. The van der Waals surface area contributed by atoms with Crippen LogP contribution in [0.25, 0.3) is 0 Å². The van der Waals surface area contributed by atoms with Crippen molar-refractivity contribution < 1.29 is 14.3 Å². The van der Waals surface area contributed by atoms with Gasteiger partial charge in [0.15, 0.2) is 0 Å². The van der Waals surface area contributed by atoms with Gasteiger partial charge in [-0.3, -0.25) is 0 Å². The minimum Gasteiger partial charge on any atom is -0.463 e. The molecule has 0 unspecified atom stereocenters. The van der Waals surface area contributed by atoms with E-state index in [0.29, 0.717) is 38.0 Å². The second kappa shape index (κ2) is 12.7. The highest BCUT2D eigenvalue weighted by Gasteiger charge is 2.24. The molecule has 5 rings (SSSR count). The lowest BCUT2D eigenvalue weighted by molar-refractivity contribution is 0.0914. The van der Waals surface area contributed by atoms with E-state index in [1.807, 2.05) is 42.7 Å². The van der Waals surface area contributed by atoms with Gasteiger partial charge in [-0.1, -0.05) is 37.3 Å². The third-order valence-electron chi connectivity index (χ3n) is 7.36. The average molecular weight is 517 g/mol. The molecule has 1 aromatic carbocycles. The Morgan fingerprint density at radius 3 is 2.55 bits per heavy atom. The first kappa shape index (κ1) is 25.9. The van der Waals surface area contributed by atoms with Gasteiger partial charge in [-0.25, -0.2) is 19.7 Å². The van der Waals surface area contributed by atoms with Gasteiger partial charge < -0.3 is 19.3 Å². The molecule has 0 bridgehead atoms. The lowest BCUT2D eigenvalue weighted by Crippen LogP contribution is -2.36. The molecule has 2 aliphatic heterocycles. The fourth-order valence-electron chi connectivity index (χ4n) is 4.98. The van der Waals surface area contributed by atoms with E-state index in [0.717, 1.165) is 68.0 Å². The van der Waals surface area contributed by atoms with Crippen molar-refractivity contribution >= 4 is 12.0 Å². The van der Waals surface area contributed by atoms with E-state index in [2.05, 4.69) is 31.8 Å². The number of carbonyl (C=O) groups excluding carboxylic acids is 1. The summed E-state index contributed by atoms with van der Waals surface area (Å²) in [5.74, 6) is 1.54. The highest BCUT2D eigenvalue weighted by atomic mass is 16.6. The maximum atomic E-state index is 12.5. The molecule has 0 spiro atoms. The molecular formula is C29H36N6O3. The van der Waals surface area contributed by atoms with Crippen LogP contribution in [0.15, 0.2) is 48.9 Å². The van der Waals surface area contributed by atoms with Gasteiger partial charge in [0, 0.05) is 50.2 Å². The van der Waals surface area contributed by atoms with Crippen LogP contribution in [-0.2, 0) is 30.7 Å². The van der Waals surface area contributed by atoms with Crippen LogP contribution < -0.4 is 9.64 Å². The van der Waals surface area contributed by atoms with Crippen molar-refractivity contribution in [2.75, 3.05) is 31.1 Å². The molecule has 9 nitrogen and oxygen atoms in total. The lowest BCUT2D eigenvalue weighted by atomic mass is 9.92. The molecule has 0 N–H and O–H groups in total. The molecule has 200 valence electrons. The highest BCUT2D eigenvalue weighted by Crippen LogP contribution is 2.25. The Kier molecular flexibility index (Phi) is 8.63. The van der Waals surface area contributed by atoms with Gasteiger partial charge in [0.25, 0.3) is 0 Å². The largest absolute Gasteiger partial charge is 0.463 e. The van der Waals surface area contributed by atoms with Crippen molar-refractivity contribution in [1.82, 2.24) is 24.8 Å². The Morgan fingerprint density at radius 2 is 1.79 bits per heavy atom. The molecule has 0 radical (unpaired) electrons. The van der Waals surface area contributed by atoms with Crippen LogP contribution in [-0.4, -0.2) is 57.2 Å². The van der Waals surface area contributed by atoms with Crippen LogP contribution in [0.3, 0.4) is 0 Å². The van der Waals surface area contributed by atoms with Crippen LogP contribution in [0.5, 0.6) is 6.01 Å². The van der Waals surface area contributed by atoms with Crippen molar-refractivity contribution in [2.45, 2.75) is 58.6 Å². The van der Waals surface area contributed by atoms with Gasteiger partial charge in [0.1, 0.15) is 6.61 Å². The zero-order chi connectivity index (χ0) is 26.2. The van der Waals surface area contributed by atoms with Crippen molar-refractivity contribution in [3.8, 4) is 6.01 Å². The van der Waals surface area contributed by atoms with Crippen molar-refractivity contribution in [2.24, 2.45) is 5.92 Å². The summed E-state index contributed by atoms with van der Waals surface area (Å²) in [6, 6.07) is 10.1. The molecule has 0 aliphatic carbocycles. The summed E-state index contributed by atoms with van der Waals surface area (Å²) in [7, 11) is 0. The number of benzene rings is 1. The monoisotopic (exact) mass is 516 g/mol. The van der Waals surface area contributed by atoms with E-state index in [9.17, 15) is 4.79 Å². The van der Waals surface area contributed by atoms with Gasteiger partial charge in [-0.05, 0) is 49.1 Å². The van der Waals surface area contributed by atoms with Crippen molar-refractivity contribution in [3.05, 3.63) is 71.3 Å². The maximum absolute atomic E-state index is 12.5. The molecule has 1 saturated heterocycles. The van der Waals surface area contributed by atoms with E-state index >= 15 is 0 Å². The lowest BCUT2D eigenvalue weighted by Gasteiger charge is -2.32. The second-order valence-corrected chi connectivity index (χ2v) is 10.0. The van der Waals surface area contributed by atoms with E-state index in [4.69, 9.17) is 9.47 Å². The Labute approximate surface area is 224 Å². The number of hydrogen-bond acceptors (Lipinski definition) is 8. The van der Waals surface area contributed by atoms with E-state index < -0.39 is 0 Å². The zero-order valence-electron chi connectivity index (χ0n) is 22.1. The number of aromatic nitrogens is 4. The van der Waals surface area contributed by atoms with Crippen molar-refractivity contribution in [3.63, 3.8) is 0 Å². The molecule has 1 amide bonds. The smallest absolute Gasteiger partial charge is 0.410 e. The first-order valence-electron chi connectivity index (χ1n) is 13.7. The molecule has 1 fully saturated rings. The Balaban J connectivity index is 1.01. The van der Waals surface area contributed by atoms with Gasteiger partial charge >= 0.3 is 12.1 Å². The first-order valence-corrected chi connectivity index (χ1v) is 13.7. The van der Waals surface area contributed by atoms with E-state index in [1.165, 1.54) is 5.56 Å². The number of ether oxygens (including phenoxy) is 2. The molecule has 9 heteroatoms. The first-order chi connectivity index (χ1) is 18.7. The predicted octanol–water partition coefficient (Wildman–Crippen LogP) is 4.60. The molecular weight excluding hydrogens is 480 g/mol. The zero-order valence-corrected chi connectivity index (χ0v) is 22.1. The number of hydrogen-bond donors (Lipinski definition) is 0. The number of amides is 1. The normalized spacial score (nSPS) is 15.7. The number of rotatable bonds is 9. The topological polar surface area (TPSA) is 93.6 Å². The van der Waals surface area contributed by atoms with Gasteiger partial charge in [0.05, 0.1) is 18.8 Å². The molecule has 38 heavy (non-hydrogen) atoms. The Morgan fingerprint density at radius 1 is 1.00 bits per heavy atom. The molecule has 0 saturated carbocycles. The van der Waals surface area contributed by atoms with Crippen LogP contribution >= 0.6 is 0 Å². The van der Waals surface area contributed by atoms with Crippen LogP contribution in [0, 0.1) is 5.92 Å². The van der Waals surface area contributed by atoms with Gasteiger partial charge in [0.2, 0.25) is 5.95 Å². The number of anilines is 1. The van der Waals surface area contributed by atoms with E-state index in [-0.39, 0.29) is 12.7 Å². The minimum absolute atomic E-state index is 0.271. The highest BCUT2D eigenvalue weighted by molar-refractivity contribution is 5.68. The predicted molar refractivity (Wildman–Crippen MR) is 144 cm³/mol.